The highest BCUT2D eigenvalue weighted by Crippen LogP contribution is 1.99. The maximum atomic E-state index is 11.7. The Hall–Kier alpha value is -1.29. The Morgan fingerprint density at radius 1 is 1.29 bits per heavy atom. The van der Waals surface area contributed by atoms with Crippen LogP contribution in [0.4, 0.5) is 0 Å². The number of rotatable bonds is 10. The number of amides is 1. The van der Waals surface area contributed by atoms with E-state index in [0.29, 0.717) is 12.5 Å². The van der Waals surface area contributed by atoms with Crippen molar-refractivity contribution in [3.63, 3.8) is 0 Å². The summed E-state index contributed by atoms with van der Waals surface area (Å²) in [5.41, 5.74) is 0. The van der Waals surface area contributed by atoms with Crippen molar-refractivity contribution in [2.75, 3.05) is 47.4 Å². The van der Waals surface area contributed by atoms with E-state index in [9.17, 15) is 4.79 Å². The molecule has 1 aromatic rings. The molecule has 1 aromatic heterocycles. The number of hydrogen-bond acceptors (Lipinski definition) is 4. The van der Waals surface area contributed by atoms with E-state index in [2.05, 4.69) is 15.6 Å². The van der Waals surface area contributed by atoms with E-state index < -0.39 is 0 Å². The number of nitrogens with zero attached hydrogens (tertiary/aromatic N) is 2. The third kappa shape index (κ3) is 10.5. The Bertz CT molecular complexity index is 464. The molecule has 0 aliphatic heterocycles. The fourth-order valence-corrected chi connectivity index (χ4v) is 1.80. The average Bonchev–Trinajstić information content (AvgIpc) is 3.04. The lowest BCUT2D eigenvalue weighted by atomic mass is 10.3. The van der Waals surface area contributed by atoms with Crippen LogP contribution in [0.25, 0.3) is 0 Å². The number of furan rings is 1. The molecule has 0 atom stereocenters. The minimum atomic E-state index is -0.0310. The van der Waals surface area contributed by atoms with Gasteiger partial charge in [-0.25, -0.2) is 4.99 Å². The summed E-state index contributed by atoms with van der Waals surface area (Å²) in [6.45, 7) is 2.35. The molecule has 0 aromatic carbocycles. The lowest BCUT2D eigenvalue weighted by molar-refractivity contribution is -0.127. The molecule has 1 rings (SSSR count). The standard InChI is InChI=1S/C16H28N4O3.HI/c1-20(2)15(21)13-19-16(17-9-4-5-11-22-3)18-10-8-14-7-6-12-23-14;/h6-7,12H,4-5,8-11,13H2,1-3H3,(H2,17,18,19);1H. The van der Waals surface area contributed by atoms with E-state index in [-0.39, 0.29) is 36.4 Å². The zero-order valence-corrected chi connectivity index (χ0v) is 17.0. The van der Waals surface area contributed by atoms with Crippen LogP contribution in [0.1, 0.15) is 18.6 Å². The fraction of sp³-hybridized carbons (Fsp3) is 0.625. The normalized spacial score (nSPS) is 10.9. The van der Waals surface area contributed by atoms with Gasteiger partial charge in [-0.1, -0.05) is 0 Å². The highest BCUT2D eigenvalue weighted by Gasteiger charge is 2.04. The molecule has 1 heterocycles. The van der Waals surface area contributed by atoms with Crippen LogP contribution >= 0.6 is 24.0 Å². The zero-order chi connectivity index (χ0) is 16.9. The molecule has 0 saturated carbocycles. The van der Waals surface area contributed by atoms with E-state index in [1.165, 1.54) is 4.90 Å². The smallest absolute Gasteiger partial charge is 0.243 e. The molecule has 1 amide bonds. The third-order valence-corrected chi connectivity index (χ3v) is 3.18. The fourth-order valence-electron chi connectivity index (χ4n) is 1.80. The Morgan fingerprint density at radius 2 is 2.04 bits per heavy atom. The molecule has 7 nitrogen and oxygen atoms in total. The molecule has 0 aliphatic rings. The van der Waals surface area contributed by atoms with Gasteiger partial charge in [-0.3, -0.25) is 4.79 Å². The maximum Gasteiger partial charge on any atom is 0.243 e. The molecule has 0 radical (unpaired) electrons. The van der Waals surface area contributed by atoms with Gasteiger partial charge in [0, 0.05) is 47.3 Å². The number of aliphatic imine (C=N–C) groups is 1. The number of carbonyl (C=O) groups excluding carboxylic acids is 1. The van der Waals surface area contributed by atoms with Crippen molar-refractivity contribution in [2.24, 2.45) is 4.99 Å². The lowest BCUT2D eigenvalue weighted by Gasteiger charge is -2.13. The lowest BCUT2D eigenvalue weighted by Crippen LogP contribution is -2.40. The second-order valence-corrected chi connectivity index (χ2v) is 5.34. The predicted molar refractivity (Wildman–Crippen MR) is 106 cm³/mol. The summed E-state index contributed by atoms with van der Waals surface area (Å²) >= 11 is 0. The zero-order valence-electron chi connectivity index (χ0n) is 14.7. The highest BCUT2D eigenvalue weighted by molar-refractivity contribution is 14.0. The molecule has 24 heavy (non-hydrogen) atoms. The van der Waals surface area contributed by atoms with Crippen LogP contribution in [0.15, 0.2) is 27.8 Å². The number of guanidine groups is 1. The van der Waals surface area contributed by atoms with Crippen LogP contribution in [0.2, 0.25) is 0 Å². The first-order valence-corrected chi connectivity index (χ1v) is 7.87. The quantitative estimate of drug-likeness (QED) is 0.244. The second kappa shape index (κ2) is 14.1. The van der Waals surface area contributed by atoms with Gasteiger partial charge in [0.25, 0.3) is 0 Å². The van der Waals surface area contributed by atoms with Gasteiger partial charge in [0.15, 0.2) is 5.96 Å². The Labute approximate surface area is 161 Å². The molecule has 0 aliphatic carbocycles. The number of ether oxygens (including phenoxy) is 1. The number of unbranched alkanes of at least 4 members (excludes halogenated alkanes) is 1. The minimum absolute atomic E-state index is 0. The van der Waals surface area contributed by atoms with Crippen molar-refractivity contribution < 1.29 is 13.9 Å². The van der Waals surface area contributed by atoms with Crippen LogP contribution in [0, 0.1) is 0 Å². The number of halogens is 1. The van der Waals surface area contributed by atoms with Gasteiger partial charge in [-0.15, -0.1) is 24.0 Å². The monoisotopic (exact) mass is 452 g/mol. The largest absolute Gasteiger partial charge is 0.469 e. The van der Waals surface area contributed by atoms with Crippen molar-refractivity contribution in [3.8, 4) is 0 Å². The van der Waals surface area contributed by atoms with Crippen LogP contribution in [-0.4, -0.2) is 64.2 Å². The number of likely N-dealkylation sites (N-methyl/N-ethyl adjacent to an activating group) is 1. The highest BCUT2D eigenvalue weighted by atomic mass is 127. The van der Waals surface area contributed by atoms with Crippen molar-refractivity contribution >= 4 is 35.8 Å². The van der Waals surface area contributed by atoms with Crippen molar-refractivity contribution in [2.45, 2.75) is 19.3 Å². The summed E-state index contributed by atoms with van der Waals surface area (Å²) in [7, 11) is 5.14. The van der Waals surface area contributed by atoms with Gasteiger partial charge in [0.1, 0.15) is 12.3 Å². The molecule has 0 bridgehead atoms. The third-order valence-electron chi connectivity index (χ3n) is 3.18. The summed E-state index contributed by atoms with van der Waals surface area (Å²) < 4.78 is 10.3. The first kappa shape index (κ1) is 22.7. The Morgan fingerprint density at radius 3 is 2.67 bits per heavy atom. The van der Waals surface area contributed by atoms with Crippen molar-refractivity contribution in [1.29, 1.82) is 0 Å². The molecular weight excluding hydrogens is 423 g/mol. The summed E-state index contributed by atoms with van der Waals surface area (Å²) in [4.78, 5) is 17.5. The van der Waals surface area contributed by atoms with Gasteiger partial charge in [0.05, 0.1) is 6.26 Å². The molecule has 8 heteroatoms. The van der Waals surface area contributed by atoms with Crippen LogP contribution < -0.4 is 10.6 Å². The number of methoxy groups -OCH3 is 1. The van der Waals surface area contributed by atoms with E-state index in [1.807, 2.05) is 12.1 Å². The molecule has 0 spiro atoms. The molecule has 0 saturated heterocycles. The van der Waals surface area contributed by atoms with Crippen LogP contribution in [0.3, 0.4) is 0 Å². The van der Waals surface area contributed by atoms with Gasteiger partial charge in [0.2, 0.25) is 5.91 Å². The summed E-state index contributed by atoms with van der Waals surface area (Å²) in [6, 6.07) is 3.81. The minimum Gasteiger partial charge on any atom is -0.469 e. The number of carbonyl (C=O) groups is 1. The first-order chi connectivity index (χ1) is 11.1. The number of hydrogen-bond donors (Lipinski definition) is 2. The van der Waals surface area contributed by atoms with Crippen molar-refractivity contribution in [1.82, 2.24) is 15.5 Å². The SMILES string of the molecule is COCCCCNC(=NCC(=O)N(C)C)NCCc1ccco1.I. The van der Waals surface area contributed by atoms with Gasteiger partial charge >= 0.3 is 0 Å². The van der Waals surface area contributed by atoms with Crippen molar-refractivity contribution in [3.05, 3.63) is 24.2 Å². The molecule has 2 N–H and O–H groups in total. The Kier molecular flexibility index (Phi) is 13.3. The van der Waals surface area contributed by atoms with E-state index >= 15 is 0 Å². The molecule has 0 unspecified atom stereocenters. The average molecular weight is 452 g/mol. The topological polar surface area (TPSA) is 79.1 Å². The van der Waals surface area contributed by atoms with E-state index in [0.717, 1.165) is 38.2 Å². The van der Waals surface area contributed by atoms with Crippen LogP contribution in [-0.2, 0) is 16.0 Å². The Balaban J connectivity index is 0.00000529. The number of nitrogens with one attached hydrogen (secondary N) is 2. The molecule has 138 valence electrons. The second-order valence-electron chi connectivity index (χ2n) is 5.34. The predicted octanol–water partition coefficient (Wildman–Crippen LogP) is 1.49. The maximum absolute atomic E-state index is 11.7. The summed E-state index contributed by atoms with van der Waals surface area (Å²) in [5, 5.41) is 6.46. The van der Waals surface area contributed by atoms with E-state index in [4.69, 9.17) is 9.15 Å². The van der Waals surface area contributed by atoms with Gasteiger partial charge < -0.3 is 24.7 Å². The summed E-state index contributed by atoms with van der Waals surface area (Å²) in [6.07, 6.45) is 4.39. The summed E-state index contributed by atoms with van der Waals surface area (Å²) in [5.74, 6) is 1.53. The first-order valence-electron chi connectivity index (χ1n) is 7.87. The van der Waals surface area contributed by atoms with E-state index in [1.54, 1.807) is 27.5 Å². The molecular formula is C16H29IN4O3. The van der Waals surface area contributed by atoms with Gasteiger partial charge in [-0.05, 0) is 25.0 Å². The molecule has 0 fully saturated rings. The van der Waals surface area contributed by atoms with Crippen LogP contribution in [0.5, 0.6) is 0 Å². The van der Waals surface area contributed by atoms with Gasteiger partial charge in [-0.2, -0.15) is 0 Å².